The molecule has 1 aromatic carbocycles. The quantitative estimate of drug-likeness (QED) is 0.476. The van der Waals surface area contributed by atoms with Gasteiger partial charge in [0, 0.05) is 28.7 Å². The fourth-order valence-electron chi connectivity index (χ4n) is 3.03. The monoisotopic (exact) mass is 411 g/mol. The number of rotatable bonds is 7. The number of carboxylic acids is 1. The number of hydrogen-bond acceptors (Lipinski definition) is 5. The Labute approximate surface area is 172 Å². The van der Waals surface area contributed by atoms with Crippen LogP contribution >= 0.6 is 11.8 Å². The summed E-state index contributed by atoms with van der Waals surface area (Å²) < 4.78 is 0. The van der Waals surface area contributed by atoms with Gasteiger partial charge in [-0.1, -0.05) is 12.2 Å². The summed E-state index contributed by atoms with van der Waals surface area (Å²) in [6.45, 7) is 0. The van der Waals surface area contributed by atoms with E-state index in [4.69, 9.17) is 0 Å². The average Bonchev–Trinajstić information content (AvgIpc) is 2.74. The Morgan fingerprint density at radius 3 is 2.21 bits per heavy atom. The molecule has 0 saturated carbocycles. The molecule has 2 unspecified atom stereocenters. The van der Waals surface area contributed by atoms with Crippen LogP contribution in [-0.4, -0.2) is 33.6 Å². The largest absolute Gasteiger partial charge is 0.481 e. The van der Waals surface area contributed by atoms with Crippen molar-refractivity contribution in [1.29, 1.82) is 0 Å². The second-order valence-corrected chi connectivity index (χ2v) is 7.63. The molecule has 2 atom stereocenters. The third-order valence-corrected chi connectivity index (χ3v) is 5.55. The lowest BCUT2D eigenvalue weighted by atomic mass is 9.82. The first kappa shape index (κ1) is 20.6. The van der Waals surface area contributed by atoms with Crippen LogP contribution in [0.4, 0.5) is 11.4 Å². The van der Waals surface area contributed by atoms with Crippen molar-refractivity contribution < 1.29 is 19.5 Å². The molecule has 150 valence electrons. The molecule has 29 heavy (non-hydrogen) atoms. The van der Waals surface area contributed by atoms with Gasteiger partial charge in [0.15, 0.2) is 0 Å². The Balaban J connectivity index is 1.50. The number of anilines is 2. The van der Waals surface area contributed by atoms with Gasteiger partial charge in [0.25, 0.3) is 0 Å². The summed E-state index contributed by atoms with van der Waals surface area (Å²) in [4.78, 5) is 40.6. The molecular weight excluding hydrogens is 390 g/mol. The van der Waals surface area contributed by atoms with Gasteiger partial charge >= 0.3 is 5.97 Å². The van der Waals surface area contributed by atoms with E-state index >= 15 is 0 Å². The molecule has 3 rings (SSSR count). The highest BCUT2D eigenvalue weighted by molar-refractivity contribution is 8.00. The average molecular weight is 411 g/mol. The van der Waals surface area contributed by atoms with Crippen LogP contribution in [0.25, 0.3) is 0 Å². The third-order valence-electron chi connectivity index (χ3n) is 4.54. The first-order valence-electron chi connectivity index (χ1n) is 9.14. The fourth-order valence-corrected chi connectivity index (χ4v) is 3.73. The summed E-state index contributed by atoms with van der Waals surface area (Å²) in [5.74, 6) is -2.39. The predicted molar refractivity (Wildman–Crippen MR) is 112 cm³/mol. The van der Waals surface area contributed by atoms with Crippen LogP contribution < -0.4 is 10.6 Å². The maximum atomic E-state index is 12.5. The van der Waals surface area contributed by atoms with Gasteiger partial charge in [-0.2, -0.15) is 0 Å². The van der Waals surface area contributed by atoms with Gasteiger partial charge in [-0.05, 0) is 49.2 Å². The first-order chi connectivity index (χ1) is 14.0. The number of nitrogens with zero attached hydrogens (tertiary/aromatic N) is 1. The molecular formula is C21H21N3O4S. The van der Waals surface area contributed by atoms with E-state index in [1.54, 1.807) is 42.7 Å². The number of allylic oxidation sites excluding steroid dienone is 2. The molecule has 0 bridgehead atoms. The van der Waals surface area contributed by atoms with Crippen LogP contribution in [0.5, 0.6) is 0 Å². The third kappa shape index (κ3) is 5.92. The normalized spacial score (nSPS) is 18.1. The van der Waals surface area contributed by atoms with Gasteiger partial charge in [0.1, 0.15) is 0 Å². The highest BCUT2D eigenvalue weighted by Gasteiger charge is 2.33. The lowest BCUT2D eigenvalue weighted by Crippen LogP contribution is -2.34. The smallest absolute Gasteiger partial charge is 0.307 e. The van der Waals surface area contributed by atoms with E-state index in [9.17, 15) is 19.5 Å². The Morgan fingerprint density at radius 2 is 1.55 bits per heavy atom. The van der Waals surface area contributed by atoms with E-state index in [1.807, 2.05) is 18.2 Å². The molecule has 1 aliphatic carbocycles. The van der Waals surface area contributed by atoms with Crippen molar-refractivity contribution in [2.75, 3.05) is 16.4 Å². The Hall–Kier alpha value is -3.13. The van der Waals surface area contributed by atoms with Crippen LogP contribution in [0.3, 0.4) is 0 Å². The van der Waals surface area contributed by atoms with E-state index in [0.717, 1.165) is 4.90 Å². The Morgan fingerprint density at radius 1 is 0.931 bits per heavy atom. The minimum absolute atomic E-state index is 0.122. The van der Waals surface area contributed by atoms with E-state index in [0.29, 0.717) is 24.2 Å². The standard InChI is InChI=1S/C21H21N3O4S/c25-19(23-15-9-11-22-12-10-15)13-29-16-7-5-14(6-8-16)24-20(26)17-3-1-2-4-18(17)21(27)28/h1-2,5-12,17-18H,3-4,13H2,(H,24,26)(H,27,28)(H,22,23,25). The molecule has 2 amide bonds. The van der Waals surface area contributed by atoms with Gasteiger partial charge in [-0.3, -0.25) is 19.4 Å². The number of benzene rings is 1. The zero-order valence-electron chi connectivity index (χ0n) is 15.6. The Kier molecular flexibility index (Phi) is 7.02. The lowest BCUT2D eigenvalue weighted by molar-refractivity contribution is -0.146. The van der Waals surface area contributed by atoms with Crippen molar-refractivity contribution in [3.63, 3.8) is 0 Å². The number of hydrogen-bond donors (Lipinski definition) is 3. The number of amides is 2. The molecule has 0 radical (unpaired) electrons. The number of carbonyl (C=O) groups excluding carboxylic acids is 2. The molecule has 1 aromatic heterocycles. The van der Waals surface area contributed by atoms with Crippen molar-refractivity contribution in [3.8, 4) is 0 Å². The molecule has 0 spiro atoms. The molecule has 2 aromatic rings. The van der Waals surface area contributed by atoms with E-state index in [-0.39, 0.29) is 17.6 Å². The number of aliphatic carboxylic acids is 1. The van der Waals surface area contributed by atoms with Gasteiger partial charge in [-0.15, -0.1) is 11.8 Å². The topological polar surface area (TPSA) is 108 Å². The SMILES string of the molecule is O=C(CSc1ccc(NC(=O)C2CC=CCC2C(=O)O)cc1)Nc1ccncc1. The number of nitrogens with one attached hydrogen (secondary N) is 2. The highest BCUT2D eigenvalue weighted by atomic mass is 32.2. The van der Waals surface area contributed by atoms with E-state index < -0.39 is 17.8 Å². The Bertz CT molecular complexity index is 900. The number of pyridine rings is 1. The number of thioether (sulfide) groups is 1. The van der Waals surface area contributed by atoms with Gasteiger partial charge in [0.2, 0.25) is 11.8 Å². The maximum absolute atomic E-state index is 12.5. The van der Waals surface area contributed by atoms with Gasteiger partial charge in [0.05, 0.1) is 17.6 Å². The van der Waals surface area contributed by atoms with Crippen LogP contribution in [-0.2, 0) is 14.4 Å². The summed E-state index contributed by atoms with van der Waals surface area (Å²) in [6, 6.07) is 10.6. The summed E-state index contributed by atoms with van der Waals surface area (Å²) >= 11 is 1.38. The van der Waals surface area contributed by atoms with Crippen LogP contribution in [0.1, 0.15) is 12.8 Å². The number of carbonyl (C=O) groups is 3. The van der Waals surface area contributed by atoms with Crippen LogP contribution in [0.2, 0.25) is 0 Å². The molecule has 8 heteroatoms. The van der Waals surface area contributed by atoms with Crippen molar-refractivity contribution in [3.05, 3.63) is 60.9 Å². The second kappa shape index (κ2) is 9.88. The second-order valence-electron chi connectivity index (χ2n) is 6.58. The van der Waals surface area contributed by atoms with Crippen molar-refractivity contribution in [2.24, 2.45) is 11.8 Å². The van der Waals surface area contributed by atoms with Gasteiger partial charge in [-0.25, -0.2) is 0 Å². The molecule has 1 heterocycles. The van der Waals surface area contributed by atoms with E-state index in [2.05, 4.69) is 15.6 Å². The summed E-state index contributed by atoms with van der Waals surface area (Å²) in [5, 5.41) is 14.9. The highest BCUT2D eigenvalue weighted by Crippen LogP contribution is 2.28. The summed E-state index contributed by atoms with van der Waals surface area (Å²) in [7, 11) is 0. The van der Waals surface area contributed by atoms with Gasteiger partial charge < -0.3 is 15.7 Å². The molecule has 0 saturated heterocycles. The number of carboxylic acid groups (broad SMARTS) is 1. The fraction of sp³-hybridized carbons (Fsp3) is 0.238. The van der Waals surface area contributed by atoms with E-state index in [1.165, 1.54) is 11.8 Å². The molecule has 0 fully saturated rings. The number of aromatic nitrogens is 1. The first-order valence-corrected chi connectivity index (χ1v) is 10.1. The summed E-state index contributed by atoms with van der Waals surface area (Å²) in [5.41, 5.74) is 1.29. The summed E-state index contributed by atoms with van der Waals surface area (Å²) in [6.07, 6.45) is 7.66. The molecule has 7 nitrogen and oxygen atoms in total. The molecule has 1 aliphatic rings. The molecule has 0 aliphatic heterocycles. The zero-order chi connectivity index (χ0) is 20.6. The van der Waals surface area contributed by atoms with Crippen LogP contribution in [0.15, 0.2) is 65.8 Å². The predicted octanol–water partition coefficient (Wildman–Crippen LogP) is 3.42. The van der Waals surface area contributed by atoms with Crippen molar-refractivity contribution in [2.45, 2.75) is 17.7 Å². The minimum Gasteiger partial charge on any atom is -0.481 e. The lowest BCUT2D eigenvalue weighted by Gasteiger charge is -2.24. The van der Waals surface area contributed by atoms with Crippen molar-refractivity contribution >= 4 is 40.9 Å². The van der Waals surface area contributed by atoms with Crippen LogP contribution in [0, 0.1) is 11.8 Å². The molecule has 3 N–H and O–H groups in total. The maximum Gasteiger partial charge on any atom is 0.307 e. The minimum atomic E-state index is -0.953. The zero-order valence-corrected chi connectivity index (χ0v) is 16.4. The van der Waals surface area contributed by atoms with Crippen molar-refractivity contribution in [1.82, 2.24) is 4.98 Å².